The lowest BCUT2D eigenvalue weighted by Crippen LogP contribution is -2.31. The number of nitrogens with one attached hydrogen (secondary N) is 1. The molecule has 0 aliphatic heterocycles. The number of aryl methyl sites for hydroxylation is 1. The Morgan fingerprint density at radius 1 is 1.50 bits per heavy atom. The molecule has 0 spiro atoms. The number of rotatable bonds is 4. The first-order valence-corrected chi connectivity index (χ1v) is 7.00. The minimum absolute atomic E-state index is 0.112. The molecule has 1 aromatic heterocycles. The first kappa shape index (κ1) is 13.5. The summed E-state index contributed by atoms with van der Waals surface area (Å²) in [5.41, 5.74) is 1.33. The summed E-state index contributed by atoms with van der Waals surface area (Å²) in [6.07, 6.45) is 1.91. The van der Waals surface area contributed by atoms with Gasteiger partial charge in [-0.25, -0.2) is 0 Å². The summed E-state index contributed by atoms with van der Waals surface area (Å²) >= 11 is 5.96. The van der Waals surface area contributed by atoms with Gasteiger partial charge in [0.1, 0.15) is 5.58 Å². The van der Waals surface area contributed by atoms with Crippen LogP contribution in [0.2, 0.25) is 5.02 Å². The Balaban J connectivity index is 1.82. The quantitative estimate of drug-likeness (QED) is 0.911. The number of amides is 1. The van der Waals surface area contributed by atoms with Crippen LogP contribution in [-0.4, -0.2) is 24.2 Å². The molecule has 106 valence electrons. The number of carbonyl (C=O) groups is 1. The first-order chi connectivity index (χ1) is 9.54. The molecule has 1 saturated carbocycles. The Kier molecular flexibility index (Phi) is 3.22. The summed E-state index contributed by atoms with van der Waals surface area (Å²) in [7, 11) is 0. The van der Waals surface area contributed by atoms with E-state index < -0.39 is 0 Å². The van der Waals surface area contributed by atoms with Gasteiger partial charge in [-0.2, -0.15) is 0 Å². The number of fused-ring (bicyclic) bond motifs is 1. The molecule has 1 fully saturated rings. The van der Waals surface area contributed by atoms with Gasteiger partial charge in [0.05, 0.1) is 6.61 Å². The molecule has 1 aliphatic carbocycles. The molecular weight excluding hydrogens is 278 g/mol. The third kappa shape index (κ3) is 2.30. The highest BCUT2D eigenvalue weighted by atomic mass is 35.5. The van der Waals surface area contributed by atoms with Gasteiger partial charge in [0.25, 0.3) is 5.91 Å². The summed E-state index contributed by atoms with van der Waals surface area (Å²) in [6, 6.07) is 5.29. The van der Waals surface area contributed by atoms with E-state index in [0.717, 1.165) is 23.8 Å². The number of benzene rings is 1. The van der Waals surface area contributed by atoms with E-state index in [4.69, 9.17) is 16.0 Å². The molecule has 0 bridgehead atoms. The second kappa shape index (κ2) is 4.79. The Hall–Kier alpha value is -1.52. The van der Waals surface area contributed by atoms with Crippen molar-refractivity contribution in [3.8, 4) is 0 Å². The lowest BCUT2D eigenvalue weighted by Gasteiger charge is -2.11. The molecule has 20 heavy (non-hydrogen) atoms. The van der Waals surface area contributed by atoms with Gasteiger partial charge in [0.2, 0.25) is 0 Å². The van der Waals surface area contributed by atoms with Crippen molar-refractivity contribution < 1.29 is 14.3 Å². The van der Waals surface area contributed by atoms with Crippen molar-refractivity contribution >= 4 is 28.5 Å². The normalized spacial score (nSPS) is 16.4. The molecular formula is C15H16ClNO3. The van der Waals surface area contributed by atoms with Crippen LogP contribution in [0.25, 0.3) is 11.0 Å². The van der Waals surface area contributed by atoms with Crippen LogP contribution < -0.4 is 5.32 Å². The molecule has 2 aromatic rings. The van der Waals surface area contributed by atoms with E-state index >= 15 is 0 Å². The highest BCUT2D eigenvalue weighted by Crippen LogP contribution is 2.44. The summed E-state index contributed by atoms with van der Waals surface area (Å²) in [4.78, 5) is 12.2. The van der Waals surface area contributed by atoms with Crippen LogP contribution in [0.5, 0.6) is 0 Å². The Labute approximate surface area is 121 Å². The van der Waals surface area contributed by atoms with Crippen molar-refractivity contribution in [1.29, 1.82) is 0 Å². The van der Waals surface area contributed by atoms with Gasteiger partial charge in [-0.1, -0.05) is 11.6 Å². The van der Waals surface area contributed by atoms with Crippen LogP contribution >= 0.6 is 11.6 Å². The lowest BCUT2D eigenvalue weighted by atomic mass is 10.1. The van der Waals surface area contributed by atoms with E-state index in [0.29, 0.717) is 22.9 Å². The maximum absolute atomic E-state index is 12.2. The average molecular weight is 294 g/mol. The second-order valence-electron chi connectivity index (χ2n) is 5.54. The predicted octanol–water partition coefficient (Wildman–Crippen LogP) is 2.90. The largest absolute Gasteiger partial charge is 0.451 e. The topological polar surface area (TPSA) is 62.5 Å². The van der Waals surface area contributed by atoms with Gasteiger partial charge in [0.15, 0.2) is 5.76 Å². The maximum atomic E-state index is 12.2. The molecule has 1 aliphatic rings. The number of halogens is 1. The van der Waals surface area contributed by atoms with E-state index in [1.54, 1.807) is 18.2 Å². The number of aliphatic hydroxyl groups excluding tert-OH is 1. The summed E-state index contributed by atoms with van der Waals surface area (Å²) < 4.78 is 5.60. The highest BCUT2D eigenvalue weighted by Gasteiger charge is 2.42. The van der Waals surface area contributed by atoms with Crippen molar-refractivity contribution in [1.82, 2.24) is 5.32 Å². The number of aliphatic hydroxyl groups is 1. The molecule has 3 rings (SSSR count). The minimum Gasteiger partial charge on any atom is -0.451 e. The summed E-state index contributed by atoms with van der Waals surface area (Å²) in [5, 5.41) is 13.6. The fourth-order valence-corrected chi connectivity index (χ4v) is 2.50. The zero-order valence-corrected chi connectivity index (χ0v) is 12.0. The smallest absolute Gasteiger partial charge is 0.287 e. The van der Waals surface area contributed by atoms with Crippen molar-refractivity contribution in [2.45, 2.75) is 19.8 Å². The predicted molar refractivity (Wildman–Crippen MR) is 77.0 cm³/mol. The monoisotopic (exact) mass is 293 g/mol. The summed E-state index contributed by atoms with van der Waals surface area (Å²) in [6.45, 7) is 2.44. The van der Waals surface area contributed by atoms with Gasteiger partial charge < -0.3 is 14.8 Å². The summed E-state index contributed by atoms with van der Waals surface area (Å²) in [5.74, 6) is 0.0746. The number of carbonyl (C=O) groups excluding carboxylic acids is 1. The van der Waals surface area contributed by atoms with E-state index in [-0.39, 0.29) is 17.9 Å². The van der Waals surface area contributed by atoms with E-state index in [9.17, 15) is 9.90 Å². The van der Waals surface area contributed by atoms with Crippen LogP contribution in [0.3, 0.4) is 0 Å². The number of hydrogen-bond donors (Lipinski definition) is 2. The highest BCUT2D eigenvalue weighted by molar-refractivity contribution is 6.31. The van der Waals surface area contributed by atoms with Crippen molar-refractivity contribution in [3.63, 3.8) is 0 Å². The van der Waals surface area contributed by atoms with E-state index in [2.05, 4.69) is 5.32 Å². The van der Waals surface area contributed by atoms with Crippen LogP contribution in [-0.2, 0) is 0 Å². The van der Waals surface area contributed by atoms with Crippen LogP contribution in [0.4, 0.5) is 0 Å². The molecule has 1 heterocycles. The lowest BCUT2D eigenvalue weighted by molar-refractivity contribution is 0.0909. The zero-order chi connectivity index (χ0) is 14.3. The fraction of sp³-hybridized carbons (Fsp3) is 0.400. The molecule has 4 nitrogen and oxygen atoms in total. The van der Waals surface area contributed by atoms with E-state index in [1.165, 1.54) is 0 Å². The van der Waals surface area contributed by atoms with Crippen LogP contribution in [0.1, 0.15) is 29.0 Å². The Bertz CT molecular complexity index is 673. The van der Waals surface area contributed by atoms with E-state index in [1.807, 2.05) is 6.92 Å². The zero-order valence-electron chi connectivity index (χ0n) is 11.2. The maximum Gasteiger partial charge on any atom is 0.287 e. The number of furan rings is 1. The molecule has 2 N–H and O–H groups in total. The molecule has 0 saturated heterocycles. The van der Waals surface area contributed by atoms with Gasteiger partial charge in [-0.15, -0.1) is 0 Å². The third-order valence-electron chi connectivity index (χ3n) is 4.02. The van der Waals surface area contributed by atoms with Crippen molar-refractivity contribution in [3.05, 3.63) is 34.5 Å². The standard InChI is InChI=1S/C15H16ClNO3/c1-9-11-6-10(16)2-3-12(11)20-13(9)14(19)17-7-15(8-18)4-5-15/h2-3,6,18H,4-5,7-8H2,1H3,(H,17,19). The van der Waals surface area contributed by atoms with Gasteiger partial charge in [-0.3, -0.25) is 4.79 Å². The van der Waals surface area contributed by atoms with Gasteiger partial charge in [0, 0.05) is 27.9 Å². The molecule has 0 radical (unpaired) electrons. The van der Waals surface area contributed by atoms with Crippen molar-refractivity contribution in [2.24, 2.45) is 5.41 Å². The fourth-order valence-electron chi connectivity index (χ4n) is 2.33. The van der Waals surface area contributed by atoms with Gasteiger partial charge >= 0.3 is 0 Å². The average Bonchev–Trinajstić information content (AvgIpc) is 3.16. The molecule has 1 aromatic carbocycles. The first-order valence-electron chi connectivity index (χ1n) is 6.62. The Morgan fingerprint density at radius 2 is 2.25 bits per heavy atom. The molecule has 1 amide bonds. The van der Waals surface area contributed by atoms with Gasteiger partial charge in [-0.05, 0) is 38.0 Å². The molecule has 5 heteroatoms. The number of hydrogen-bond acceptors (Lipinski definition) is 3. The second-order valence-corrected chi connectivity index (χ2v) is 5.97. The van der Waals surface area contributed by atoms with Crippen LogP contribution in [0, 0.1) is 12.3 Å². The third-order valence-corrected chi connectivity index (χ3v) is 4.26. The Morgan fingerprint density at radius 3 is 2.90 bits per heavy atom. The van der Waals surface area contributed by atoms with Crippen molar-refractivity contribution in [2.75, 3.05) is 13.2 Å². The minimum atomic E-state index is -0.241. The molecule has 0 unspecified atom stereocenters. The molecule has 0 atom stereocenters. The van der Waals surface area contributed by atoms with Crippen LogP contribution in [0.15, 0.2) is 22.6 Å². The SMILES string of the molecule is Cc1c(C(=O)NCC2(CO)CC2)oc2ccc(Cl)cc12.